The minimum Gasteiger partial charge on any atom is -0.211 e. The summed E-state index contributed by atoms with van der Waals surface area (Å²) in [6, 6.07) is 4.02. The first-order valence-corrected chi connectivity index (χ1v) is 5.60. The number of alkyl halides is 3. The molecule has 0 saturated heterocycles. The van der Waals surface area contributed by atoms with E-state index in [1.54, 1.807) is 19.1 Å². The maximum absolute atomic E-state index is 13.2. The van der Waals surface area contributed by atoms with Gasteiger partial charge in [-0.05, 0) is 36.1 Å². The van der Waals surface area contributed by atoms with E-state index in [-0.39, 0.29) is 27.3 Å². The van der Waals surface area contributed by atoms with Gasteiger partial charge >= 0.3 is 6.18 Å². The predicted molar refractivity (Wildman–Crippen MR) is 65.6 cm³/mol. The molecule has 102 valence electrons. The number of carbonyl (C=O) groups excluding carboxylic acids is 1. The summed E-state index contributed by atoms with van der Waals surface area (Å²) in [5, 5.41) is 0. The van der Waals surface area contributed by atoms with Crippen LogP contribution in [0, 0.1) is 0 Å². The van der Waals surface area contributed by atoms with Crippen molar-refractivity contribution in [1.29, 1.82) is 0 Å². The summed E-state index contributed by atoms with van der Waals surface area (Å²) in [6.07, 6.45) is 0.638. The Bertz CT molecular complexity index is 626. The predicted octanol–water partition coefficient (Wildman–Crippen LogP) is 4.40. The van der Waals surface area contributed by atoms with Gasteiger partial charge < -0.3 is 0 Å². The molecule has 0 aliphatic heterocycles. The Hall–Kier alpha value is -1.42. The van der Waals surface area contributed by atoms with E-state index in [1.165, 1.54) is 18.2 Å². The molecule has 6 heteroatoms. The Kier molecular flexibility index (Phi) is 5.29. The molecule has 0 fully saturated rings. The molecule has 1 aliphatic rings. The number of aliphatic imine (C=N–C) groups is 1. The van der Waals surface area contributed by atoms with Gasteiger partial charge in [0.15, 0.2) is 0 Å². The first kappa shape index (κ1) is 16.6. The van der Waals surface area contributed by atoms with Crippen LogP contribution in [0.25, 0.3) is 5.57 Å². The third-order valence-corrected chi connectivity index (χ3v) is 2.98. The number of rotatable bonds is 2. The SMILES string of the molecule is CC1=C(c2cccc(N=C=O)c2C(F)(F)F)CC=C1.[Ti]. The number of hydrogen-bond donors (Lipinski definition) is 0. The molecule has 0 N–H and O–H groups in total. The van der Waals surface area contributed by atoms with Crippen molar-refractivity contribution in [3.8, 4) is 0 Å². The van der Waals surface area contributed by atoms with Crippen LogP contribution in [-0.2, 0) is 32.7 Å². The van der Waals surface area contributed by atoms with Crippen LogP contribution in [0.5, 0.6) is 0 Å². The molecule has 20 heavy (non-hydrogen) atoms. The van der Waals surface area contributed by atoms with Gasteiger partial charge in [0.2, 0.25) is 6.08 Å². The minimum absolute atomic E-state index is 0. The molecule has 2 nitrogen and oxygen atoms in total. The van der Waals surface area contributed by atoms with Crippen LogP contribution in [0.3, 0.4) is 0 Å². The zero-order valence-electron chi connectivity index (χ0n) is 10.6. The monoisotopic (exact) mass is 313 g/mol. The van der Waals surface area contributed by atoms with Gasteiger partial charge in [-0.1, -0.05) is 24.3 Å². The van der Waals surface area contributed by atoms with E-state index in [1.807, 2.05) is 0 Å². The smallest absolute Gasteiger partial charge is 0.211 e. The summed E-state index contributed by atoms with van der Waals surface area (Å²) < 4.78 is 39.5. The Morgan fingerprint density at radius 2 is 2.00 bits per heavy atom. The fraction of sp³-hybridized carbons (Fsp3) is 0.214. The molecular weight excluding hydrogens is 303 g/mol. The Balaban J connectivity index is 0.00000200. The van der Waals surface area contributed by atoms with Gasteiger partial charge in [-0.25, -0.2) is 4.79 Å². The van der Waals surface area contributed by atoms with E-state index in [0.29, 0.717) is 12.0 Å². The van der Waals surface area contributed by atoms with Crippen LogP contribution in [-0.4, -0.2) is 6.08 Å². The first-order chi connectivity index (χ1) is 8.95. The Morgan fingerprint density at radius 1 is 1.30 bits per heavy atom. The van der Waals surface area contributed by atoms with Gasteiger partial charge in [-0.2, -0.15) is 18.2 Å². The number of nitrogens with zero attached hydrogens (tertiary/aromatic N) is 1. The largest absolute Gasteiger partial charge is 0.419 e. The van der Waals surface area contributed by atoms with Crippen molar-refractivity contribution in [3.05, 3.63) is 47.1 Å². The molecule has 0 unspecified atom stereocenters. The maximum atomic E-state index is 13.2. The summed E-state index contributed by atoms with van der Waals surface area (Å²) in [5.41, 5.74) is 0.197. The molecule has 2 rings (SSSR count). The Labute approximate surface area is 129 Å². The molecule has 0 atom stereocenters. The summed E-state index contributed by atoms with van der Waals surface area (Å²) in [6.45, 7) is 1.76. The molecule has 1 aromatic rings. The average Bonchev–Trinajstić information content (AvgIpc) is 2.74. The van der Waals surface area contributed by atoms with E-state index in [2.05, 4.69) is 4.99 Å². The van der Waals surface area contributed by atoms with Gasteiger partial charge in [0.25, 0.3) is 0 Å². The standard InChI is InChI=1S/C14H10F3NO.Ti/c1-9-4-2-5-10(9)11-6-3-7-12(18-8-19)13(11)14(15,16)17;/h2-4,6-7H,5H2,1H3;. The van der Waals surface area contributed by atoms with Crippen LogP contribution in [0.1, 0.15) is 24.5 Å². The van der Waals surface area contributed by atoms with Gasteiger partial charge in [-0.3, -0.25) is 0 Å². The molecule has 1 aromatic carbocycles. The van der Waals surface area contributed by atoms with Crippen molar-refractivity contribution in [2.45, 2.75) is 19.5 Å². The number of benzene rings is 1. The van der Waals surface area contributed by atoms with E-state index in [9.17, 15) is 18.0 Å². The topological polar surface area (TPSA) is 29.4 Å². The normalized spacial score (nSPS) is 14.0. The molecule has 0 heterocycles. The molecule has 0 bridgehead atoms. The zero-order chi connectivity index (χ0) is 14.0. The molecule has 0 amide bonds. The summed E-state index contributed by atoms with van der Waals surface area (Å²) >= 11 is 0. The summed E-state index contributed by atoms with van der Waals surface area (Å²) in [4.78, 5) is 13.4. The second kappa shape index (κ2) is 6.36. The van der Waals surface area contributed by atoms with E-state index < -0.39 is 17.4 Å². The van der Waals surface area contributed by atoms with Crippen molar-refractivity contribution in [2.75, 3.05) is 0 Å². The van der Waals surface area contributed by atoms with Gasteiger partial charge in [0, 0.05) is 21.7 Å². The molecule has 0 aromatic heterocycles. The van der Waals surface area contributed by atoms with Crippen molar-refractivity contribution in [2.24, 2.45) is 4.99 Å². The first-order valence-electron chi connectivity index (χ1n) is 5.60. The quantitative estimate of drug-likeness (QED) is 0.452. The van der Waals surface area contributed by atoms with Gasteiger partial charge in [0.1, 0.15) is 0 Å². The van der Waals surface area contributed by atoms with E-state index >= 15 is 0 Å². The van der Waals surface area contributed by atoms with Gasteiger partial charge in [-0.15, -0.1) is 0 Å². The third kappa shape index (κ3) is 3.18. The van der Waals surface area contributed by atoms with Gasteiger partial charge in [0.05, 0.1) is 11.3 Å². The maximum Gasteiger partial charge on any atom is 0.419 e. The summed E-state index contributed by atoms with van der Waals surface area (Å²) in [5.74, 6) is 0. The molecule has 0 radical (unpaired) electrons. The van der Waals surface area contributed by atoms with Crippen LogP contribution in [0.2, 0.25) is 0 Å². The van der Waals surface area contributed by atoms with Crippen LogP contribution >= 0.6 is 0 Å². The number of isocyanates is 1. The minimum atomic E-state index is -4.57. The Morgan fingerprint density at radius 3 is 2.50 bits per heavy atom. The van der Waals surface area contributed by atoms with E-state index in [0.717, 1.165) is 11.6 Å². The van der Waals surface area contributed by atoms with Crippen molar-refractivity contribution >= 4 is 17.3 Å². The zero-order valence-corrected chi connectivity index (χ0v) is 12.1. The fourth-order valence-electron chi connectivity index (χ4n) is 2.17. The van der Waals surface area contributed by atoms with Crippen LogP contribution in [0.4, 0.5) is 18.9 Å². The van der Waals surface area contributed by atoms with Crippen molar-refractivity contribution < 1.29 is 39.7 Å². The van der Waals surface area contributed by atoms with E-state index in [4.69, 9.17) is 0 Å². The number of halogens is 3. The molecule has 0 saturated carbocycles. The van der Waals surface area contributed by atoms with Crippen LogP contribution in [0.15, 0.2) is 40.9 Å². The molecule has 0 spiro atoms. The average molecular weight is 313 g/mol. The summed E-state index contributed by atoms with van der Waals surface area (Å²) in [7, 11) is 0. The van der Waals surface area contributed by atoms with Crippen LogP contribution < -0.4 is 0 Å². The molecule has 1 aliphatic carbocycles. The fourth-order valence-corrected chi connectivity index (χ4v) is 2.17. The number of allylic oxidation sites excluding steroid dienone is 4. The third-order valence-electron chi connectivity index (χ3n) is 2.98. The van der Waals surface area contributed by atoms with Crippen molar-refractivity contribution in [3.63, 3.8) is 0 Å². The second-order valence-electron chi connectivity index (χ2n) is 4.17. The second-order valence-corrected chi connectivity index (χ2v) is 4.17. The van der Waals surface area contributed by atoms with Crippen molar-refractivity contribution in [1.82, 2.24) is 0 Å². The molecular formula is C14H10F3NOTi. The number of hydrogen-bond acceptors (Lipinski definition) is 2.